The third-order valence-electron chi connectivity index (χ3n) is 2.76. The first kappa shape index (κ1) is 13.3. The van der Waals surface area contributed by atoms with Gasteiger partial charge >= 0.3 is 5.69 Å². The highest BCUT2D eigenvalue weighted by atomic mass is 19.1. The number of ketones is 1. The van der Waals surface area contributed by atoms with Crippen LogP contribution in [0.1, 0.15) is 25.8 Å². The van der Waals surface area contributed by atoms with Crippen LogP contribution in [0.25, 0.3) is 0 Å². The molecule has 0 heterocycles. The number of nitro groups is 1. The molecule has 5 heteroatoms. The standard InChI is InChI=1S/C12H14FNO3/c1-3-10(8(2)15)6-9-4-5-12(14(16)17)11(13)7-9/h4-5,7,10H,3,6H2,1-2H3. The molecule has 1 unspecified atom stereocenters. The van der Waals surface area contributed by atoms with Gasteiger partial charge in [0, 0.05) is 12.0 Å². The van der Waals surface area contributed by atoms with Gasteiger partial charge in [0.15, 0.2) is 0 Å². The first-order chi connectivity index (χ1) is 7.95. The van der Waals surface area contributed by atoms with Gasteiger partial charge in [-0.1, -0.05) is 13.0 Å². The quantitative estimate of drug-likeness (QED) is 0.586. The molecule has 0 aliphatic carbocycles. The van der Waals surface area contributed by atoms with Gasteiger partial charge < -0.3 is 0 Å². The molecule has 92 valence electrons. The molecular formula is C12H14FNO3. The molecule has 0 fully saturated rings. The van der Waals surface area contributed by atoms with E-state index in [1.165, 1.54) is 13.0 Å². The summed E-state index contributed by atoms with van der Waals surface area (Å²) in [7, 11) is 0. The van der Waals surface area contributed by atoms with E-state index < -0.39 is 16.4 Å². The van der Waals surface area contributed by atoms with Crippen LogP contribution in [0.3, 0.4) is 0 Å². The first-order valence-electron chi connectivity index (χ1n) is 5.39. The molecule has 0 aromatic heterocycles. The van der Waals surface area contributed by atoms with Gasteiger partial charge in [-0.15, -0.1) is 0 Å². The van der Waals surface area contributed by atoms with Gasteiger partial charge in [-0.3, -0.25) is 14.9 Å². The van der Waals surface area contributed by atoms with E-state index in [2.05, 4.69) is 0 Å². The Morgan fingerprint density at radius 2 is 2.18 bits per heavy atom. The Bertz CT molecular complexity index is 445. The van der Waals surface area contributed by atoms with E-state index in [-0.39, 0.29) is 11.7 Å². The molecule has 0 bridgehead atoms. The van der Waals surface area contributed by atoms with E-state index in [1.807, 2.05) is 6.92 Å². The summed E-state index contributed by atoms with van der Waals surface area (Å²) in [5.41, 5.74) is 0.0692. The molecular weight excluding hydrogens is 225 g/mol. The van der Waals surface area contributed by atoms with E-state index >= 15 is 0 Å². The smallest absolute Gasteiger partial charge is 0.300 e. The van der Waals surface area contributed by atoms with Crippen molar-refractivity contribution < 1.29 is 14.1 Å². The molecule has 1 aromatic carbocycles. The molecule has 0 saturated heterocycles. The minimum absolute atomic E-state index is 0.0475. The van der Waals surface area contributed by atoms with E-state index in [0.29, 0.717) is 18.4 Å². The summed E-state index contributed by atoms with van der Waals surface area (Å²) in [5, 5.41) is 10.4. The molecule has 1 atom stereocenters. The third kappa shape index (κ3) is 3.34. The lowest BCUT2D eigenvalue weighted by molar-refractivity contribution is -0.387. The SMILES string of the molecule is CCC(Cc1ccc([N+](=O)[O-])c(F)c1)C(C)=O. The summed E-state index contributed by atoms with van der Waals surface area (Å²) >= 11 is 0. The van der Waals surface area contributed by atoms with Crippen LogP contribution in [0.2, 0.25) is 0 Å². The van der Waals surface area contributed by atoms with Crippen molar-refractivity contribution in [3.05, 3.63) is 39.7 Å². The minimum Gasteiger partial charge on any atom is -0.300 e. The van der Waals surface area contributed by atoms with Crippen LogP contribution in [-0.4, -0.2) is 10.7 Å². The van der Waals surface area contributed by atoms with Crippen molar-refractivity contribution in [1.82, 2.24) is 0 Å². The topological polar surface area (TPSA) is 60.2 Å². The van der Waals surface area contributed by atoms with Crippen molar-refractivity contribution in [2.45, 2.75) is 26.7 Å². The second-order valence-electron chi connectivity index (χ2n) is 3.96. The van der Waals surface area contributed by atoms with Crippen LogP contribution < -0.4 is 0 Å². The number of carbonyl (C=O) groups excluding carboxylic acids is 1. The Morgan fingerprint density at radius 1 is 1.53 bits per heavy atom. The zero-order valence-electron chi connectivity index (χ0n) is 9.77. The van der Waals surface area contributed by atoms with Gasteiger partial charge in [0.25, 0.3) is 0 Å². The fraction of sp³-hybridized carbons (Fsp3) is 0.417. The average molecular weight is 239 g/mol. The summed E-state index contributed by atoms with van der Waals surface area (Å²) in [6, 6.07) is 3.76. The number of Topliss-reactive ketones (excluding diaryl/α,β-unsaturated/α-hetero) is 1. The molecule has 17 heavy (non-hydrogen) atoms. The number of nitro benzene ring substituents is 1. The van der Waals surface area contributed by atoms with Crippen molar-refractivity contribution in [1.29, 1.82) is 0 Å². The van der Waals surface area contributed by atoms with E-state index in [4.69, 9.17) is 0 Å². The molecule has 1 aromatic rings. The Labute approximate surface area is 98.6 Å². The summed E-state index contributed by atoms with van der Waals surface area (Å²) in [6.07, 6.45) is 1.09. The van der Waals surface area contributed by atoms with Crippen LogP contribution in [-0.2, 0) is 11.2 Å². The lowest BCUT2D eigenvalue weighted by atomic mass is 9.93. The molecule has 0 spiro atoms. The van der Waals surface area contributed by atoms with Crippen molar-refractivity contribution in [2.24, 2.45) is 5.92 Å². The Balaban J connectivity index is 2.90. The predicted molar refractivity (Wildman–Crippen MR) is 61.2 cm³/mol. The van der Waals surface area contributed by atoms with E-state index in [0.717, 1.165) is 12.1 Å². The van der Waals surface area contributed by atoms with Crippen molar-refractivity contribution in [2.75, 3.05) is 0 Å². The van der Waals surface area contributed by atoms with Crippen molar-refractivity contribution in [3.8, 4) is 0 Å². The molecule has 1 rings (SSSR count). The fourth-order valence-electron chi connectivity index (χ4n) is 1.69. The summed E-state index contributed by atoms with van der Waals surface area (Å²) in [4.78, 5) is 20.9. The van der Waals surface area contributed by atoms with Gasteiger partial charge in [-0.2, -0.15) is 4.39 Å². The van der Waals surface area contributed by atoms with Crippen molar-refractivity contribution >= 4 is 11.5 Å². The molecule has 0 saturated carbocycles. The van der Waals surface area contributed by atoms with Gasteiger partial charge in [0.05, 0.1) is 4.92 Å². The number of rotatable bonds is 5. The zero-order chi connectivity index (χ0) is 13.0. The highest BCUT2D eigenvalue weighted by Crippen LogP contribution is 2.21. The summed E-state index contributed by atoms with van der Waals surface area (Å²) in [6.45, 7) is 3.38. The average Bonchev–Trinajstić information content (AvgIpc) is 2.24. The fourth-order valence-corrected chi connectivity index (χ4v) is 1.69. The van der Waals surface area contributed by atoms with Gasteiger partial charge in [-0.25, -0.2) is 0 Å². The maximum atomic E-state index is 13.3. The van der Waals surface area contributed by atoms with Crippen LogP contribution in [0.4, 0.5) is 10.1 Å². The second kappa shape index (κ2) is 5.52. The lowest BCUT2D eigenvalue weighted by Gasteiger charge is -2.10. The molecule has 0 aliphatic rings. The normalized spacial score (nSPS) is 12.2. The molecule has 0 radical (unpaired) electrons. The number of carbonyl (C=O) groups is 1. The highest BCUT2D eigenvalue weighted by Gasteiger charge is 2.17. The minimum atomic E-state index is -0.856. The molecule has 0 N–H and O–H groups in total. The van der Waals surface area contributed by atoms with Gasteiger partial charge in [-0.05, 0) is 31.4 Å². The first-order valence-corrected chi connectivity index (χ1v) is 5.39. The molecule has 0 amide bonds. The zero-order valence-corrected chi connectivity index (χ0v) is 9.77. The maximum Gasteiger partial charge on any atom is 0.304 e. The predicted octanol–water partition coefficient (Wildman–Crippen LogP) is 2.89. The third-order valence-corrected chi connectivity index (χ3v) is 2.76. The number of hydrogen-bond acceptors (Lipinski definition) is 3. The van der Waals surface area contributed by atoms with E-state index in [1.54, 1.807) is 0 Å². The number of nitrogens with zero attached hydrogens (tertiary/aromatic N) is 1. The van der Waals surface area contributed by atoms with Crippen LogP contribution in [0.15, 0.2) is 18.2 Å². The van der Waals surface area contributed by atoms with Gasteiger partial charge in [0.1, 0.15) is 5.78 Å². The van der Waals surface area contributed by atoms with Crippen LogP contribution in [0, 0.1) is 21.8 Å². The number of benzene rings is 1. The Hall–Kier alpha value is -1.78. The number of halogens is 1. The summed E-state index contributed by atoms with van der Waals surface area (Å²) in [5.74, 6) is -0.965. The Kier molecular flexibility index (Phi) is 4.31. The van der Waals surface area contributed by atoms with Gasteiger partial charge in [0.2, 0.25) is 5.82 Å². The Morgan fingerprint density at radius 3 is 2.59 bits per heavy atom. The largest absolute Gasteiger partial charge is 0.304 e. The molecule has 0 aliphatic heterocycles. The summed E-state index contributed by atoms with van der Waals surface area (Å²) < 4.78 is 13.3. The van der Waals surface area contributed by atoms with Crippen LogP contribution >= 0.6 is 0 Å². The maximum absolute atomic E-state index is 13.3. The highest BCUT2D eigenvalue weighted by molar-refractivity contribution is 5.78. The lowest BCUT2D eigenvalue weighted by Crippen LogP contribution is -2.13. The van der Waals surface area contributed by atoms with Crippen molar-refractivity contribution in [3.63, 3.8) is 0 Å². The monoisotopic (exact) mass is 239 g/mol. The van der Waals surface area contributed by atoms with Crippen LogP contribution in [0.5, 0.6) is 0 Å². The second-order valence-corrected chi connectivity index (χ2v) is 3.96. The number of hydrogen-bond donors (Lipinski definition) is 0. The molecule has 4 nitrogen and oxygen atoms in total. The van der Waals surface area contributed by atoms with E-state index in [9.17, 15) is 19.3 Å².